The first-order valence-corrected chi connectivity index (χ1v) is 9.06. The number of hydrogen-bond acceptors (Lipinski definition) is 3. The number of nitrogens with one attached hydrogen (secondary N) is 2. The SMILES string of the molecule is Cc1ccc(C)c(NC(=O)CNc2cc(Cl)ccc2N2CCCC2)c1. The predicted octanol–water partition coefficient (Wildman–Crippen LogP) is 4.61. The molecule has 132 valence electrons. The Morgan fingerprint density at radius 1 is 1.08 bits per heavy atom. The topological polar surface area (TPSA) is 44.4 Å². The van der Waals surface area contributed by atoms with Gasteiger partial charge in [0.1, 0.15) is 0 Å². The maximum Gasteiger partial charge on any atom is 0.243 e. The first-order valence-electron chi connectivity index (χ1n) is 8.68. The molecule has 0 radical (unpaired) electrons. The zero-order chi connectivity index (χ0) is 17.8. The second-order valence-corrected chi connectivity index (χ2v) is 7.01. The van der Waals surface area contributed by atoms with E-state index >= 15 is 0 Å². The standard InChI is InChI=1S/C20H24ClN3O/c1-14-5-6-15(2)17(11-14)23-20(25)13-22-18-12-16(21)7-8-19(18)24-9-3-4-10-24/h5-8,11-12,22H,3-4,9-10,13H2,1-2H3,(H,23,25). The molecule has 2 aromatic rings. The van der Waals surface area contributed by atoms with Gasteiger partial charge in [0.05, 0.1) is 17.9 Å². The Morgan fingerprint density at radius 3 is 2.60 bits per heavy atom. The molecule has 0 atom stereocenters. The molecule has 0 aromatic heterocycles. The van der Waals surface area contributed by atoms with E-state index in [-0.39, 0.29) is 12.5 Å². The van der Waals surface area contributed by atoms with Crippen LogP contribution in [0, 0.1) is 13.8 Å². The molecule has 2 N–H and O–H groups in total. The fourth-order valence-corrected chi connectivity index (χ4v) is 3.30. The van der Waals surface area contributed by atoms with Crippen LogP contribution in [0.3, 0.4) is 0 Å². The zero-order valence-electron chi connectivity index (χ0n) is 14.7. The Morgan fingerprint density at radius 2 is 1.84 bits per heavy atom. The number of carbonyl (C=O) groups excluding carboxylic acids is 1. The van der Waals surface area contributed by atoms with Gasteiger partial charge in [-0.05, 0) is 62.1 Å². The summed E-state index contributed by atoms with van der Waals surface area (Å²) in [5.74, 6) is -0.0685. The average molecular weight is 358 g/mol. The lowest BCUT2D eigenvalue weighted by Gasteiger charge is -2.22. The van der Waals surface area contributed by atoms with E-state index in [1.807, 2.05) is 50.2 Å². The summed E-state index contributed by atoms with van der Waals surface area (Å²) in [5, 5.41) is 6.89. The Bertz CT molecular complexity index is 770. The van der Waals surface area contributed by atoms with Crippen molar-refractivity contribution >= 4 is 34.6 Å². The molecule has 1 aliphatic rings. The second kappa shape index (κ2) is 7.79. The van der Waals surface area contributed by atoms with Crippen molar-refractivity contribution in [2.75, 3.05) is 35.2 Å². The molecule has 0 unspecified atom stereocenters. The van der Waals surface area contributed by atoms with Crippen LogP contribution >= 0.6 is 11.6 Å². The van der Waals surface area contributed by atoms with Crippen LogP contribution in [0.25, 0.3) is 0 Å². The summed E-state index contributed by atoms with van der Waals surface area (Å²) in [4.78, 5) is 14.7. The van der Waals surface area contributed by atoms with Crippen LogP contribution in [0.15, 0.2) is 36.4 Å². The number of carbonyl (C=O) groups is 1. The number of amides is 1. The van der Waals surface area contributed by atoms with Gasteiger partial charge in [-0.3, -0.25) is 4.79 Å². The molecule has 25 heavy (non-hydrogen) atoms. The molecule has 5 heteroatoms. The summed E-state index contributed by atoms with van der Waals surface area (Å²) in [6.07, 6.45) is 2.41. The molecular formula is C20H24ClN3O. The maximum atomic E-state index is 12.3. The van der Waals surface area contributed by atoms with Gasteiger partial charge in [-0.1, -0.05) is 23.7 Å². The third kappa shape index (κ3) is 4.45. The number of anilines is 3. The monoisotopic (exact) mass is 357 g/mol. The number of aryl methyl sites for hydroxylation is 2. The second-order valence-electron chi connectivity index (χ2n) is 6.58. The smallest absolute Gasteiger partial charge is 0.243 e. The zero-order valence-corrected chi connectivity index (χ0v) is 15.5. The molecule has 2 aromatic carbocycles. The van der Waals surface area contributed by atoms with Crippen LogP contribution in [-0.4, -0.2) is 25.5 Å². The third-order valence-corrected chi connectivity index (χ3v) is 4.75. The molecular weight excluding hydrogens is 334 g/mol. The molecule has 3 rings (SSSR count). The van der Waals surface area contributed by atoms with Gasteiger partial charge in [0, 0.05) is 23.8 Å². The lowest BCUT2D eigenvalue weighted by atomic mass is 10.1. The molecule has 0 aliphatic carbocycles. The van der Waals surface area contributed by atoms with Crippen LogP contribution in [0.4, 0.5) is 17.1 Å². The molecule has 1 saturated heterocycles. The van der Waals surface area contributed by atoms with Gasteiger partial charge in [-0.2, -0.15) is 0 Å². The number of benzene rings is 2. The van der Waals surface area contributed by atoms with Crippen molar-refractivity contribution in [3.8, 4) is 0 Å². The van der Waals surface area contributed by atoms with E-state index < -0.39 is 0 Å². The minimum Gasteiger partial charge on any atom is -0.374 e. The van der Waals surface area contributed by atoms with Crippen molar-refractivity contribution in [1.29, 1.82) is 0 Å². The van der Waals surface area contributed by atoms with Gasteiger partial charge in [0.25, 0.3) is 0 Å². The van der Waals surface area contributed by atoms with Gasteiger partial charge in [-0.25, -0.2) is 0 Å². The van der Waals surface area contributed by atoms with Gasteiger partial charge >= 0.3 is 0 Å². The van der Waals surface area contributed by atoms with Gasteiger partial charge < -0.3 is 15.5 Å². The highest BCUT2D eigenvalue weighted by atomic mass is 35.5. The van der Waals surface area contributed by atoms with Crippen molar-refractivity contribution < 1.29 is 4.79 Å². The van der Waals surface area contributed by atoms with E-state index in [1.54, 1.807) is 0 Å². The van der Waals surface area contributed by atoms with Gasteiger partial charge in [0.2, 0.25) is 5.91 Å². The summed E-state index contributed by atoms with van der Waals surface area (Å²) in [6.45, 7) is 6.30. The lowest BCUT2D eigenvalue weighted by molar-refractivity contribution is -0.114. The van der Waals surface area contributed by atoms with Crippen molar-refractivity contribution in [3.63, 3.8) is 0 Å². The molecule has 1 fully saturated rings. The van der Waals surface area contributed by atoms with Crippen molar-refractivity contribution in [2.45, 2.75) is 26.7 Å². The molecule has 0 spiro atoms. The Labute approximate surface area is 154 Å². The van der Waals surface area contributed by atoms with Crippen LogP contribution in [0.1, 0.15) is 24.0 Å². The lowest BCUT2D eigenvalue weighted by Crippen LogP contribution is -2.24. The quantitative estimate of drug-likeness (QED) is 0.821. The van der Waals surface area contributed by atoms with E-state index in [0.717, 1.165) is 41.3 Å². The van der Waals surface area contributed by atoms with E-state index in [2.05, 4.69) is 15.5 Å². The highest BCUT2D eigenvalue weighted by Gasteiger charge is 2.16. The molecule has 0 saturated carbocycles. The van der Waals surface area contributed by atoms with E-state index in [1.165, 1.54) is 12.8 Å². The summed E-state index contributed by atoms with van der Waals surface area (Å²) < 4.78 is 0. The fourth-order valence-electron chi connectivity index (χ4n) is 3.12. The summed E-state index contributed by atoms with van der Waals surface area (Å²) in [6, 6.07) is 11.9. The van der Waals surface area contributed by atoms with Gasteiger partial charge in [-0.15, -0.1) is 0 Å². The van der Waals surface area contributed by atoms with Crippen LogP contribution in [0.5, 0.6) is 0 Å². The highest BCUT2D eigenvalue weighted by molar-refractivity contribution is 6.31. The van der Waals surface area contributed by atoms with E-state index in [4.69, 9.17) is 11.6 Å². The van der Waals surface area contributed by atoms with Crippen molar-refractivity contribution in [3.05, 3.63) is 52.5 Å². The Kier molecular flexibility index (Phi) is 5.49. The number of rotatable bonds is 5. The minimum absolute atomic E-state index is 0.0685. The number of nitrogens with zero attached hydrogens (tertiary/aromatic N) is 1. The fraction of sp³-hybridized carbons (Fsp3) is 0.350. The first kappa shape index (κ1) is 17.6. The highest BCUT2D eigenvalue weighted by Crippen LogP contribution is 2.31. The Balaban J connectivity index is 1.67. The predicted molar refractivity (Wildman–Crippen MR) is 106 cm³/mol. The molecule has 4 nitrogen and oxygen atoms in total. The normalized spacial score (nSPS) is 13.8. The number of hydrogen-bond donors (Lipinski definition) is 2. The van der Waals surface area contributed by atoms with E-state index in [0.29, 0.717) is 5.02 Å². The summed E-state index contributed by atoms with van der Waals surface area (Å²) in [7, 11) is 0. The molecule has 0 bridgehead atoms. The largest absolute Gasteiger partial charge is 0.374 e. The number of halogens is 1. The van der Waals surface area contributed by atoms with E-state index in [9.17, 15) is 4.79 Å². The summed E-state index contributed by atoms with van der Waals surface area (Å²) in [5.41, 5.74) is 5.06. The van der Waals surface area contributed by atoms with Crippen LogP contribution in [-0.2, 0) is 4.79 Å². The molecule has 1 amide bonds. The minimum atomic E-state index is -0.0685. The maximum absolute atomic E-state index is 12.3. The summed E-state index contributed by atoms with van der Waals surface area (Å²) >= 11 is 6.15. The van der Waals surface area contributed by atoms with Gasteiger partial charge in [0.15, 0.2) is 0 Å². The van der Waals surface area contributed by atoms with Crippen LogP contribution in [0.2, 0.25) is 5.02 Å². The molecule has 1 aliphatic heterocycles. The molecule has 1 heterocycles. The van der Waals surface area contributed by atoms with Crippen molar-refractivity contribution in [1.82, 2.24) is 0 Å². The van der Waals surface area contributed by atoms with Crippen LogP contribution < -0.4 is 15.5 Å². The van der Waals surface area contributed by atoms with Crippen molar-refractivity contribution in [2.24, 2.45) is 0 Å². The average Bonchev–Trinajstić information content (AvgIpc) is 3.11. The first-order chi connectivity index (χ1) is 12.0. The third-order valence-electron chi connectivity index (χ3n) is 4.51. The Hall–Kier alpha value is -2.20.